The Balaban J connectivity index is 2.03. The van der Waals surface area contributed by atoms with Crippen LogP contribution in [-0.2, 0) is 24.8 Å². The number of amides is 1. The van der Waals surface area contributed by atoms with Crippen molar-refractivity contribution in [2.45, 2.75) is 9.79 Å². The number of carbonyl (C=O) groups is 1. The van der Waals surface area contributed by atoms with Crippen molar-refractivity contribution < 1.29 is 31.1 Å². The largest absolute Gasteiger partial charge is 0.493 e. The lowest BCUT2D eigenvalue weighted by molar-refractivity contribution is -0.115. The topological polar surface area (TPSA) is 154 Å². The normalized spacial score (nSPS) is 11.7. The molecule has 0 bridgehead atoms. The van der Waals surface area contributed by atoms with Gasteiger partial charge in [-0.1, -0.05) is 0 Å². The van der Waals surface area contributed by atoms with Crippen molar-refractivity contribution in [1.29, 1.82) is 0 Å². The maximum Gasteiger partial charge on any atom is 0.241 e. The van der Waals surface area contributed by atoms with Gasteiger partial charge in [0.15, 0.2) is 11.5 Å². The van der Waals surface area contributed by atoms with Gasteiger partial charge in [0, 0.05) is 11.8 Å². The predicted molar refractivity (Wildman–Crippen MR) is 101 cm³/mol. The summed E-state index contributed by atoms with van der Waals surface area (Å²) in [6.07, 6.45) is 0. The third kappa shape index (κ3) is 5.42. The number of anilines is 1. The third-order valence-corrected chi connectivity index (χ3v) is 5.88. The van der Waals surface area contributed by atoms with Crippen molar-refractivity contribution in [3.63, 3.8) is 0 Å². The van der Waals surface area contributed by atoms with Crippen molar-refractivity contribution >= 4 is 31.6 Å². The van der Waals surface area contributed by atoms with Gasteiger partial charge in [0.1, 0.15) is 0 Å². The molecule has 2 aromatic carbocycles. The van der Waals surface area contributed by atoms with Gasteiger partial charge >= 0.3 is 0 Å². The van der Waals surface area contributed by atoms with E-state index in [-0.39, 0.29) is 21.2 Å². The molecule has 0 aliphatic heterocycles. The number of carbonyl (C=O) groups excluding carboxylic acids is 1. The van der Waals surface area contributed by atoms with Crippen LogP contribution in [0.1, 0.15) is 0 Å². The summed E-state index contributed by atoms with van der Waals surface area (Å²) in [5.41, 5.74) is 0.280. The first-order chi connectivity index (χ1) is 13.1. The average molecular weight is 429 g/mol. The summed E-state index contributed by atoms with van der Waals surface area (Å²) < 4.78 is 59.4. The van der Waals surface area contributed by atoms with E-state index in [2.05, 4.69) is 10.0 Å². The highest BCUT2D eigenvalue weighted by Gasteiger charge is 2.18. The number of methoxy groups -OCH3 is 2. The molecule has 1 amide bonds. The quantitative estimate of drug-likeness (QED) is 0.544. The second kappa shape index (κ2) is 8.56. The Labute approximate surface area is 162 Å². The fraction of sp³-hybridized carbons (Fsp3) is 0.188. The zero-order chi connectivity index (χ0) is 20.9. The molecule has 0 spiro atoms. The lowest BCUT2D eigenvalue weighted by Crippen LogP contribution is -2.32. The number of primary sulfonamides is 1. The molecule has 0 radical (unpaired) electrons. The maximum atomic E-state index is 12.3. The molecule has 4 N–H and O–H groups in total. The maximum absolute atomic E-state index is 12.3. The van der Waals surface area contributed by atoms with E-state index >= 15 is 0 Å². The molecule has 0 unspecified atom stereocenters. The molecule has 2 aromatic rings. The van der Waals surface area contributed by atoms with Crippen LogP contribution in [0.2, 0.25) is 0 Å². The van der Waals surface area contributed by atoms with Crippen LogP contribution < -0.4 is 24.7 Å². The minimum absolute atomic E-state index is 0.101. The van der Waals surface area contributed by atoms with Gasteiger partial charge in [-0.15, -0.1) is 0 Å². The second-order valence-corrected chi connectivity index (χ2v) is 8.79. The molecule has 0 aliphatic carbocycles. The third-order valence-electron chi connectivity index (χ3n) is 3.55. The Bertz CT molecular complexity index is 1070. The summed E-state index contributed by atoms with van der Waals surface area (Å²) >= 11 is 0. The van der Waals surface area contributed by atoms with Gasteiger partial charge in [-0.3, -0.25) is 4.79 Å². The zero-order valence-electron chi connectivity index (χ0n) is 15.0. The van der Waals surface area contributed by atoms with E-state index < -0.39 is 32.5 Å². The molecule has 2 rings (SSSR count). The Hall–Kier alpha value is -2.67. The molecule has 12 heteroatoms. The molecule has 0 aliphatic rings. The highest BCUT2D eigenvalue weighted by Crippen LogP contribution is 2.29. The van der Waals surface area contributed by atoms with Crippen LogP contribution in [0.25, 0.3) is 0 Å². The highest BCUT2D eigenvalue weighted by molar-refractivity contribution is 7.89. The molecule has 0 heterocycles. The lowest BCUT2D eigenvalue weighted by Gasteiger charge is -2.11. The molecule has 152 valence electrons. The summed E-state index contributed by atoms with van der Waals surface area (Å²) in [4.78, 5) is 11.8. The van der Waals surface area contributed by atoms with Crippen LogP contribution in [0.3, 0.4) is 0 Å². The summed E-state index contributed by atoms with van der Waals surface area (Å²) in [6.45, 7) is -0.534. The van der Waals surface area contributed by atoms with Crippen LogP contribution in [0.5, 0.6) is 11.5 Å². The van der Waals surface area contributed by atoms with E-state index in [1.165, 1.54) is 56.7 Å². The first kappa shape index (κ1) is 21.6. The first-order valence-corrected chi connectivity index (χ1v) is 10.7. The van der Waals surface area contributed by atoms with Crippen LogP contribution >= 0.6 is 0 Å². The molecule has 28 heavy (non-hydrogen) atoms. The summed E-state index contributed by atoms with van der Waals surface area (Å²) in [6, 6.07) is 9.12. The highest BCUT2D eigenvalue weighted by atomic mass is 32.2. The number of hydrogen-bond acceptors (Lipinski definition) is 7. The number of ether oxygens (including phenoxy) is 2. The minimum atomic E-state index is -3.97. The van der Waals surface area contributed by atoms with Gasteiger partial charge in [0.2, 0.25) is 26.0 Å². The Morgan fingerprint density at radius 1 is 0.929 bits per heavy atom. The SMILES string of the molecule is COc1ccc(S(=O)(=O)NCC(=O)Nc2ccc(S(N)(=O)=O)cc2)cc1OC. The zero-order valence-corrected chi connectivity index (χ0v) is 16.6. The fourth-order valence-corrected chi connectivity index (χ4v) is 3.67. The van der Waals surface area contributed by atoms with Crippen molar-refractivity contribution in [1.82, 2.24) is 4.72 Å². The number of nitrogens with two attached hydrogens (primary N) is 1. The van der Waals surface area contributed by atoms with Crippen LogP contribution in [-0.4, -0.2) is 43.5 Å². The van der Waals surface area contributed by atoms with Gasteiger partial charge in [-0.05, 0) is 36.4 Å². The summed E-state index contributed by atoms with van der Waals surface area (Å²) in [7, 11) is -5.02. The number of rotatable bonds is 8. The molecular formula is C16H19N3O7S2. The molecule has 0 atom stereocenters. The van der Waals surface area contributed by atoms with E-state index in [0.717, 1.165) is 0 Å². The number of benzene rings is 2. The Morgan fingerprint density at radius 3 is 2.04 bits per heavy atom. The number of hydrogen-bond donors (Lipinski definition) is 3. The Kier molecular flexibility index (Phi) is 6.61. The molecule has 0 saturated carbocycles. The molecule has 10 nitrogen and oxygen atoms in total. The monoisotopic (exact) mass is 429 g/mol. The van der Waals surface area contributed by atoms with Crippen LogP contribution in [0, 0.1) is 0 Å². The average Bonchev–Trinajstić information content (AvgIpc) is 2.65. The summed E-state index contributed by atoms with van der Waals surface area (Å²) in [5, 5.41) is 7.43. The molecule has 0 fully saturated rings. The van der Waals surface area contributed by atoms with Crippen LogP contribution in [0.15, 0.2) is 52.3 Å². The van der Waals surface area contributed by atoms with Gasteiger partial charge in [0.25, 0.3) is 0 Å². The lowest BCUT2D eigenvalue weighted by atomic mass is 10.3. The van der Waals surface area contributed by atoms with Gasteiger partial charge in [-0.2, -0.15) is 0 Å². The van der Waals surface area contributed by atoms with E-state index in [1.807, 2.05) is 0 Å². The van der Waals surface area contributed by atoms with Crippen molar-refractivity contribution in [2.75, 3.05) is 26.1 Å². The predicted octanol–water partition coefficient (Wildman–Crippen LogP) is 0.268. The standard InChI is InChI=1S/C16H19N3O7S2/c1-25-14-8-7-13(9-15(14)26-2)28(23,24)18-10-16(20)19-11-3-5-12(6-4-11)27(17,21)22/h3-9,18H,10H2,1-2H3,(H,19,20)(H2,17,21,22). The fourth-order valence-electron chi connectivity index (χ4n) is 2.16. The van der Waals surface area contributed by atoms with Crippen molar-refractivity contribution in [3.8, 4) is 11.5 Å². The molecule has 0 saturated heterocycles. The van der Waals surface area contributed by atoms with E-state index in [0.29, 0.717) is 5.75 Å². The van der Waals surface area contributed by atoms with Crippen molar-refractivity contribution in [2.24, 2.45) is 5.14 Å². The first-order valence-electron chi connectivity index (χ1n) is 7.71. The van der Waals surface area contributed by atoms with Crippen molar-refractivity contribution in [3.05, 3.63) is 42.5 Å². The summed E-state index contributed by atoms with van der Waals surface area (Å²) in [5.74, 6) is -0.0562. The van der Waals surface area contributed by atoms with Gasteiger partial charge < -0.3 is 14.8 Å². The number of nitrogens with one attached hydrogen (secondary N) is 2. The van der Waals surface area contributed by atoms with E-state index in [9.17, 15) is 21.6 Å². The van der Waals surface area contributed by atoms with Crippen LogP contribution in [0.4, 0.5) is 5.69 Å². The van der Waals surface area contributed by atoms with Gasteiger partial charge in [0.05, 0.1) is 30.6 Å². The second-order valence-electron chi connectivity index (χ2n) is 5.46. The smallest absolute Gasteiger partial charge is 0.241 e. The number of sulfonamides is 2. The van der Waals surface area contributed by atoms with Gasteiger partial charge in [-0.25, -0.2) is 26.7 Å². The Morgan fingerprint density at radius 2 is 1.50 bits per heavy atom. The van der Waals surface area contributed by atoms with E-state index in [1.54, 1.807) is 0 Å². The molecule has 0 aromatic heterocycles. The molecular weight excluding hydrogens is 410 g/mol. The van der Waals surface area contributed by atoms with E-state index in [4.69, 9.17) is 14.6 Å². The minimum Gasteiger partial charge on any atom is -0.493 e.